The molecule has 0 aliphatic heterocycles. The van der Waals surface area contributed by atoms with E-state index in [9.17, 15) is 4.79 Å². The van der Waals surface area contributed by atoms with Gasteiger partial charge in [0.25, 0.3) is 0 Å². The van der Waals surface area contributed by atoms with Crippen LogP contribution in [0.25, 0.3) is 0 Å². The number of hydrogen-bond acceptors (Lipinski definition) is 4. The van der Waals surface area contributed by atoms with Gasteiger partial charge < -0.3 is 10.6 Å². The van der Waals surface area contributed by atoms with Crippen LogP contribution in [0.2, 0.25) is 0 Å². The summed E-state index contributed by atoms with van der Waals surface area (Å²) in [6.45, 7) is 1.71. The molecule has 5 heteroatoms. The van der Waals surface area contributed by atoms with Crippen molar-refractivity contribution in [3.63, 3.8) is 0 Å². The molecule has 4 nitrogen and oxygen atoms in total. The van der Waals surface area contributed by atoms with E-state index in [0.717, 1.165) is 6.54 Å². The Morgan fingerprint density at radius 1 is 1.60 bits per heavy atom. The van der Waals surface area contributed by atoms with Crippen LogP contribution in [0.1, 0.15) is 19.3 Å². The predicted octanol–water partition coefficient (Wildman–Crippen LogP) is 0.501. The van der Waals surface area contributed by atoms with Crippen molar-refractivity contribution in [1.82, 2.24) is 10.6 Å². The molecule has 1 aliphatic carbocycles. The summed E-state index contributed by atoms with van der Waals surface area (Å²) in [6.07, 6.45) is 4.98. The lowest BCUT2D eigenvalue weighted by molar-refractivity contribution is -0.120. The minimum Gasteiger partial charge on any atom is -0.354 e. The Morgan fingerprint density at radius 2 is 2.33 bits per heavy atom. The Hall–Kier alpha value is -0.730. The van der Waals surface area contributed by atoms with Crippen molar-refractivity contribution in [2.45, 2.75) is 24.0 Å². The molecule has 0 heterocycles. The number of nitriles is 1. The number of hydrogen-bond donors (Lipinski definition) is 2. The van der Waals surface area contributed by atoms with Crippen LogP contribution >= 0.6 is 11.8 Å². The van der Waals surface area contributed by atoms with Crippen molar-refractivity contribution in [1.29, 1.82) is 5.26 Å². The van der Waals surface area contributed by atoms with Gasteiger partial charge in [0, 0.05) is 17.8 Å². The molecule has 0 unspecified atom stereocenters. The lowest BCUT2D eigenvalue weighted by Gasteiger charge is -2.12. The van der Waals surface area contributed by atoms with Gasteiger partial charge in [0.05, 0.1) is 19.0 Å². The molecule has 84 valence electrons. The molecule has 1 saturated carbocycles. The van der Waals surface area contributed by atoms with Gasteiger partial charge in [-0.3, -0.25) is 4.79 Å². The van der Waals surface area contributed by atoms with E-state index in [0.29, 0.717) is 24.3 Å². The second-order valence-electron chi connectivity index (χ2n) is 3.75. The summed E-state index contributed by atoms with van der Waals surface area (Å²) in [6, 6.07) is 1.98. The summed E-state index contributed by atoms with van der Waals surface area (Å²) in [5, 5.41) is 14.1. The molecule has 0 saturated heterocycles. The summed E-state index contributed by atoms with van der Waals surface area (Å²) >= 11 is 1.87. The van der Waals surface area contributed by atoms with Crippen molar-refractivity contribution in [3.05, 3.63) is 0 Å². The van der Waals surface area contributed by atoms with Gasteiger partial charge in [0.1, 0.15) is 0 Å². The first-order valence-corrected chi connectivity index (χ1v) is 6.34. The zero-order valence-electron chi connectivity index (χ0n) is 9.01. The fraction of sp³-hybridized carbons (Fsp3) is 0.800. The van der Waals surface area contributed by atoms with Gasteiger partial charge in [-0.25, -0.2) is 0 Å². The predicted molar refractivity (Wildman–Crippen MR) is 61.6 cm³/mol. The van der Waals surface area contributed by atoms with Crippen LogP contribution in [0, 0.1) is 11.3 Å². The third-order valence-electron chi connectivity index (χ3n) is 2.53. The minimum atomic E-state index is -0.0258. The Balaban J connectivity index is 2.00. The Kier molecular flexibility index (Phi) is 4.92. The van der Waals surface area contributed by atoms with E-state index in [1.165, 1.54) is 12.8 Å². The van der Waals surface area contributed by atoms with Crippen LogP contribution in [0.15, 0.2) is 0 Å². The van der Waals surface area contributed by atoms with Crippen molar-refractivity contribution in [2.75, 3.05) is 25.9 Å². The van der Waals surface area contributed by atoms with Crippen LogP contribution in [0.5, 0.6) is 0 Å². The maximum Gasteiger partial charge on any atom is 0.233 e. The number of rotatable bonds is 7. The molecule has 0 aromatic rings. The quantitative estimate of drug-likeness (QED) is 0.622. The third-order valence-corrected chi connectivity index (χ3v) is 3.95. The van der Waals surface area contributed by atoms with Crippen LogP contribution in [-0.2, 0) is 4.79 Å². The van der Waals surface area contributed by atoms with Gasteiger partial charge in [0.15, 0.2) is 0 Å². The Morgan fingerprint density at radius 3 is 2.87 bits per heavy atom. The second-order valence-corrected chi connectivity index (χ2v) is 5.02. The average Bonchev–Trinajstić information content (AvgIpc) is 2.99. The summed E-state index contributed by atoms with van der Waals surface area (Å²) < 4.78 is 0.396. The van der Waals surface area contributed by atoms with Crippen molar-refractivity contribution in [2.24, 2.45) is 0 Å². The Bertz CT molecular complexity index is 258. The molecule has 0 radical (unpaired) electrons. The fourth-order valence-electron chi connectivity index (χ4n) is 1.32. The molecular weight excluding hydrogens is 210 g/mol. The van der Waals surface area contributed by atoms with Crippen LogP contribution in [0.3, 0.4) is 0 Å². The number of carbonyl (C=O) groups excluding carboxylic acids is 1. The number of thioether (sulfide) groups is 1. The first kappa shape index (κ1) is 12.3. The molecular formula is C10H17N3OS. The van der Waals surface area contributed by atoms with E-state index in [2.05, 4.69) is 16.9 Å². The molecule has 0 aromatic carbocycles. The topological polar surface area (TPSA) is 64.9 Å². The lowest BCUT2D eigenvalue weighted by atomic mass is 10.4. The first-order valence-electron chi connectivity index (χ1n) is 5.12. The number of nitrogens with one attached hydrogen (secondary N) is 2. The van der Waals surface area contributed by atoms with Crippen molar-refractivity contribution >= 4 is 17.7 Å². The van der Waals surface area contributed by atoms with E-state index in [-0.39, 0.29) is 5.91 Å². The molecule has 0 atom stereocenters. The molecule has 0 bridgehead atoms. The summed E-state index contributed by atoms with van der Waals surface area (Å²) in [5.41, 5.74) is 0. The van der Waals surface area contributed by atoms with Gasteiger partial charge in [0.2, 0.25) is 5.91 Å². The smallest absolute Gasteiger partial charge is 0.233 e. The monoisotopic (exact) mass is 227 g/mol. The van der Waals surface area contributed by atoms with Gasteiger partial charge >= 0.3 is 0 Å². The average molecular weight is 227 g/mol. The zero-order valence-corrected chi connectivity index (χ0v) is 9.82. The number of amides is 1. The molecule has 0 spiro atoms. The van der Waals surface area contributed by atoms with Gasteiger partial charge in [-0.1, -0.05) is 0 Å². The summed E-state index contributed by atoms with van der Waals surface area (Å²) in [5.74, 6) is -0.0258. The fourth-order valence-corrected chi connectivity index (χ4v) is 2.07. The SMILES string of the molecule is CSC1(CNCC(=O)NCCC#N)CC1. The zero-order chi connectivity index (χ0) is 11.1. The van der Waals surface area contributed by atoms with E-state index in [4.69, 9.17) is 5.26 Å². The van der Waals surface area contributed by atoms with E-state index < -0.39 is 0 Å². The van der Waals surface area contributed by atoms with Crippen LogP contribution < -0.4 is 10.6 Å². The Labute approximate surface area is 94.8 Å². The molecule has 1 rings (SSSR count). The molecule has 1 aliphatic rings. The van der Waals surface area contributed by atoms with Gasteiger partial charge in [-0.15, -0.1) is 0 Å². The molecule has 2 N–H and O–H groups in total. The highest BCUT2D eigenvalue weighted by molar-refractivity contribution is 8.00. The van der Waals surface area contributed by atoms with E-state index in [1.807, 2.05) is 17.8 Å². The normalized spacial score (nSPS) is 16.8. The minimum absolute atomic E-state index is 0.0258. The maximum atomic E-state index is 11.2. The lowest BCUT2D eigenvalue weighted by Crippen LogP contribution is -2.37. The highest BCUT2D eigenvalue weighted by Crippen LogP contribution is 2.46. The largest absolute Gasteiger partial charge is 0.354 e. The van der Waals surface area contributed by atoms with Crippen LogP contribution in [-0.4, -0.2) is 36.5 Å². The van der Waals surface area contributed by atoms with Crippen molar-refractivity contribution < 1.29 is 4.79 Å². The number of carbonyl (C=O) groups is 1. The third kappa shape index (κ3) is 4.54. The molecule has 0 aromatic heterocycles. The van der Waals surface area contributed by atoms with Gasteiger partial charge in [-0.05, 0) is 19.1 Å². The number of nitrogens with zero attached hydrogens (tertiary/aromatic N) is 1. The maximum absolute atomic E-state index is 11.2. The highest BCUT2D eigenvalue weighted by Gasteiger charge is 2.41. The molecule has 1 fully saturated rings. The first-order chi connectivity index (χ1) is 7.22. The summed E-state index contributed by atoms with van der Waals surface area (Å²) in [4.78, 5) is 11.2. The molecule has 1 amide bonds. The second kappa shape index (κ2) is 5.99. The highest BCUT2D eigenvalue weighted by atomic mass is 32.2. The van der Waals surface area contributed by atoms with Crippen molar-refractivity contribution in [3.8, 4) is 6.07 Å². The van der Waals surface area contributed by atoms with E-state index >= 15 is 0 Å². The molecule has 15 heavy (non-hydrogen) atoms. The van der Waals surface area contributed by atoms with Gasteiger partial charge in [-0.2, -0.15) is 17.0 Å². The van der Waals surface area contributed by atoms with Crippen LogP contribution in [0.4, 0.5) is 0 Å². The van der Waals surface area contributed by atoms with E-state index in [1.54, 1.807) is 0 Å². The standard InChI is InChI=1S/C10H17N3OS/c1-15-10(3-4-10)8-12-7-9(14)13-6-2-5-11/h12H,2-4,6-8H2,1H3,(H,13,14). The summed E-state index contributed by atoms with van der Waals surface area (Å²) in [7, 11) is 0.